The van der Waals surface area contributed by atoms with E-state index in [0.29, 0.717) is 21.4 Å². The summed E-state index contributed by atoms with van der Waals surface area (Å²) in [4.78, 5) is 25.8. The van der Waals surface area contributed by atoms with Crippen molar-refractivity contribution in [3.63, 3.8) is 0 Å². The van der Waals surface area contributed by atoms with E-state index in [-0.39, 0.29) is 10.7 Å². The summed E-state index contributed by atoms with van der Waals surface area (Å²) >= 11 is 17.8. The first-order valence-corrected chi connectivity index (χ1v) is 7.67. The first-order chi connectivity index (χ1) is 11.0. The number of benzene rings is 2. The average Bonchev–Trinajstić information content (AvgIpc) is 2.73. The van der Waals surface area contributed by atoms with Crippen molar-refractivity contribution in [2.75, 3.05) is 10.2 Å². The Kier molecular flexibility index (Phi) is 4.31. The van der Waals surface area contributed by atoms with Crippen molar-refractivity contribution in [3.8, 4) is 0 Å². The summed E-state index contributed by atoms with van der Waals surface area (Å²) in [6.45, 7) is 0. The molecule has 7 heteroatoms. The molecule has 1 aliphatic rings. The number of imide groups is 1. The van der Waals surface area contributed by atoms with Crippen molar-refractivity contribution < 1.29 is 9.59 Å². The fraction of sp³-hybridized carbons (Fsp3) is 0. The van der Waals surface area contributed by atoms with Crippen LogP contribution in [0.25, 0.3) is 0 Å². The molecule has 116 valence electrons. The number of nitrogens with one attached hydrogen (secondary N) is 1. The van der Waals surface area contributed by atoms with Crippen molar-refractivity contribution in [2.24, 2.45) is 0 Å². The minimum Gasteiger partial charge on any atom is -0.350 e. The van der Waals surface area contributed by atoms with Crippen molar-refractivity contribution in [1.82, 2.24) is 0 Å². The second-order valence-corrected chi connectivity index (χ2v) is 6.00. The molecule has 23 heavy (non-hydrogen) atoms. The van der Waals surface area contributed by atoms with E-state index >= 15 is 0 Å². The number of hydrogen-bond acceptors (Lipinski definition) is 3. The lowest BCUT2D eigenvalue weighted by molar-refractivity contribution is -0.120. The van der Waals surface area contributed by atoms with E-state index in [1.165, 1.54) is 0 Å². The molecule has 0 bridgehead atoms. The first kappa shape index (κ1) is 15.9. The highest BCUT2D eigenvalue weighted by molar-refractivity contribution is 6.53. The third-order valence-corrected chi connectivity index (χ3v) is 4.04. The smallest absolute Gasteiger partial charge is 0.283 e. The highest BCUT2D eigenvalue weighted by Gasteiger charge is 2.38. The van der Waals surface area contributed by atoms with E-state index in [1.807, 2.05) is 0 Å². The summed E-state index contributed by atoms with van der Waals surface area (Å²) in [5, 5.41) is 3.67. The SMILES string of the molecule is O=C1C(Cl)=C(Nc2cccc(Cl)c2)C(=O)N1c1ccc(Cl)cc1. The lowest BCUT2D eigenvalue weighted by Crippen LogP contribution is -2.32. The molecule has 1 heterocycles. The molecule has 0 saturated carbocycles. The number of carbonyl (C=O) groups is 2. The molecule has 1 N–H and O–H groups in total. The highest BCUT2D eigenvalue weighted by Crippen LogP contribution is 2.31. The minimum atomic E-state index is -0.594. The number of rotatable bonds is 3. The zero-order valence-electron chi connectivity index (χ0n) is 11.5. The van der Waals surface area contributed by atoms with Gasteiger partial charge in [-0.1, -0.05) is 40.9 Å². The summed E-state index contributed by atoms with van der Waals surface area (Å²) in [6, 6.07) is 13.1. The molecule has 2 aromatic rings. The van der Waals surface area contributed by atoms with Gasteiger partial charge in [0.2, 0.25) is 0 Å². The largest absolute Gasteiger partial charge is 0.350 e. The van der Waals surface area contributed by atoms with Gasteiger partial charge >= 0.3 is 0 Å². The monoisotopic (exact) mass is 366 g/mol. The Morgan fingerprint density at radius 3 is 2.17 bits per heavy atom. The van der Waals surface area contributed by atoms with Crippen molar-refractivity contribution in [3.05, 3.63) is 69.3 Å². The van der Waals surface area contributed by atoms with Crippen LogP contribution in [0.5, 0.6) is 0 Å². The summed E-state index contributed by atoms with van der Waals surface area (Å²) < 4.78 is 0. The Morgan fingerprint density at radius 1 is 0.826 bits per heavy atom. The fourth-order valence-corrected chi connectivity index (χ4v) is 2.68. The van der Waals surface area contributed by atoms with Crippen molar-refractivity contribution in [1.29, 1.82) is 0 Å². The maximum Gasteiger partial charge on any atom is 0.283 e. The van der Waals surface area contributed by atoms with Crippen LogP contribution in [0.15, 0.2) is 59.3 Å². The maximum atomic E-state index is 12.5. The summed E-state index contributed by atoms with van der Waals surface area (Å²) in [5.74, 6) is -1.13. The van der Waals surface area contributed by atoms with Gasteiger partial charge in [-0.05, 0) is 42.5 Å². The highest BCUT2D eigenvalue weighted by atomic mass is 35.5. The number of halogens is 3. The van der Waals surface area contributed by atoms with Gasteiger partial charge in [-0.2, -0.15) is 0 Å². The van der Waals surface area contributed by atoms with E-state index in [1.54, 1.807) is 48.5 Å². The summed E-state index contributed by atoms with van der Waals surface area (Å²) in [7, 11) is 0. The van der Waals surface area contributed by atoms with Gasteiger partial charge in [-0.25, -0.2) is 4.90 Å². The van der Waals surface area contributed by atoms with Gasteiger partial charge in [-0.3, -0.25) is 9.59 Å². The molecule has 0 aliphatic carbocycles. The van der Waals surface area contributed by atoms with Gasteiger partial charge in [0, 0.05) is 15.7 Å². The summed E-state index contributed by atoms with van der Waals surface area (Å²) in [5.41, 5.74) is 0.962. The zero-order valence-corrected chi connectivity index (χ0v) is 13.8. The van der Waals surface area contributed by atoms with Crippen LogP contribution in [0.3, 0.4) is 0 Å². The predicted octanol–water partition coefficient (Wildman–Crippen LogP) is 4.43. The van der Waals surface area contributed by atoms with Crippen LogP contribution >= 0.6 is 34.8 Å². The molecule has 2 aromatic carbocycles. The van der Waals surface area contributed by atoms with E-state index in [2.05, 4.69) is 5.32 Å². The van der Waals surface area contributed by atoms with Crippen LogP contribution in [0.2, 0.25) is 10.0 Å². The number of carbonyl (C=O) groups excluding carboxylic acids is 2. The number of anilines is 2. The molecular weight excluding hydrogens is 359 g/mol. The normalized spacial score (nSPS) is 14.7. The van der Waals surface area contributed by atoms with E-state index in [0.717, 1.165) is 4.90 Å². The van der Waals surface area contributed by atoms with E-state index in [9.17, 15) is 9.59 Å². The topological polar surface area (TPSA) is 49.4 Å². The number of hydrogen-bond donors (Lipinski definition) is 1. The van der Waals surface area contributed by atoms with Crippen molar-refractivity contribution >= 4 is 58.0 Å². The predicted molar refractivity (Wildman–Crippen MR) is 91.9 cm³/mol. The molecule has 2 amide bonds. The Labute approximate surface area is 147 Å². The maximum absolute atomic E-state index is 12.5. The molecule has 1 aliphatic heterocycles. The van der Waals surface area contributed by atoms with Gasteiger partial charge in [0.05, 0.1) is 5.69 Å². The lowest BCUT2D eigenvalue weighted by Gasteiger charge is -2.15. The summed E-state index contributed by atoms with van der Waals surface area (Å²) in [6.07, 6.45) is 0. The van der Waals surface area contributed by atoms with Crippen LogP contribution in [-0.2, 0) is 9.59 Å². The second kappa shape index (κ2) is 6.24. The first-order valence-electron chi connectivity index (χ1n) is 6.54. The van der Waals surface area contributed by atoms with Crippen LogP contribution in [-0.4, -0.2) is 11.8 Å². The van der Waals surface area contributed by atoms with Crippen LogP contribution in [0, 0.1) is 0 Å². The number of nitrogens with zero attached hydrogens (tertiary/aromatic N) is 1. The van der Waals surface area contributed by atoms with Crippen LogP contribution in [0.1, 0.15) is 0 Å². The standard InChI is InChI=1S/C16H9Cl3N2O2/c17-9-4-6-12(7-5-9)21-15(22)13(19)14(16(21)23)20-11-3-1-2-10(18)8-11/h1-8,20H. The second-order valence-electron chi connectivity index (χ2n) is 4.75. The molecule has 3 rings (SSSR count). The molecule has 0 atom stereocenters. The third kappa shape index (κ3) is 3.06. The van der Waals surface area contributed by atoms with E-state index < -0.39 is 11.8 Å². The Balaban J connectivity index is 1.91. The molecule has 0 unspecified atom stereocenters. The Hall–Kier alpha value is -2.01. The van der Waals surface area contributed by atoms with Crippen LogP contribution in [0.4, 0.5) is 11.4 Å². The molecule has 0 fully saturated rings. The van der Waals surface area contributed by atoms with Crippen molar-refractivity contribution in [2.45, 2.75) is 0 Å². The van der Waals surface area contributed by atoms with Gasteiger partial charge in [-0.15, -0.1) is 0 Å². The zero-order chi connectivity index (χ0) is 16.6. The molecule has 0 spiro atoms. The van der Waals surface area contributed by atoms with Gasteiger partial charge in [0.15, 0.2) is 0 Å². The molecule has 0 saturated heterocycles. The lowest BCUT2D eigenvalue weighted by atomic mass is 10.3. The quantitative estimate of drug-likeness (QED) is 0.817. The van der Waals surface area contributed by atoms with Gasteiger partial charge in [0.25, 0.3) is 11.8 Å². The third-order valence-electron chi connectivity index (χ3n) is 3.21. The van der Waals surface area contributed by atoms with Gasteiger partial charge in [0.1, 0.15) is 10.7 Å². The molecule has 0 aromatic heterocycles. The van der Waals surface area contributed by atoms with Gasteiger partial charge < -0.3 is 5.32 Å². The molecule has 4 nitrogen and oxygen atoms in total. The molecule has 0 radical (unpaired) electrons. The number of amides is 2. The van der Waals surface area contributed by atoms with Crippen LogP contribution < -0.4 is 10.2 Å². The Bertz CT molecular complexity index is 831. The minimum absolute atomic E-state index is 0.00823. The van der Waals surface area contributed by atoms with E-state index in [4.69, 9.17) is 34.8 Å². The molecular formula is C16H9Cl3N2O2. The average molecular weight is 368 g/mol. The Morgan fingerprint density at radius 2 is 1.52 bits per heavy atom. The fourth-order valence-electron chi connectivity index (χ4n) is 2.15.